The normalized spacial score (nSPS) is 18.3. The van der Waals surface area contributed by atoms with Crippen LogP contribution < -0.4 is 16.2 Å². The highest BCUT2D eigenvalue weighted by molar-refractivity contribution is 6.00. The maximum Gasteiger partial charge on any atom is 0.244 e. The lowest BCUT2D eigenvalue weighted by atomic mass is 9.73. The molecule has 1 heterocycles. The molecule has 3 aromatic carbocycles. The third-order valence-corrected chi connectivity index (χ3v) is 7.16. The van der Waals surface area contributed by atoms with E-state index in [1.165, 1.54) is 23.6 Å². The van der Waals surface area contributed by atoms with E-state index in [-0.39, 0.29) is 12.5 Å². The molecule has 5 N–H and O–H groups in total. The largest absolute Gasteiger partial charge is 0.394 e. The average molecular weight is 514 g/mol. The highest BCUT2D eigenvalue weighted by Gasteiger charge is 2.28. The summed E-state index contributed by atoms with van der Waals surface area (Å²) >= 11 is 0. The molecule has 0 spiro atoms. The minimum atomic E-state index is -1.27. The Labute approximate surface area is 221 Å². The second-order valence-corrected chi connectivity index (χ2v) is 9.75. The summed E-state index contributed by atoms with van der Waals surface area (Å²) in [7, 11) is 0. The van der Waals surface area contributed by atoms with Gasteiger partial charge in [0, 0.05) is 18.2 Å². The van der Waals surface area contributed by atoms with Crippen LogP contribution in [0.25, 0.3) is 17.2 Å². The lowest BCUT2D eigenvalue weighted by Gasteiger charge is -2.31. The molecule has 2 aliphatic rings. The molecule has 2 unspecified atom stereocenters. The zero-order chi connectivity index (χ0) is 26.5. The first kappa shape index (κ1) is 25.9. The van der Waals surface area contributed by atoms with Gasteiger partial charge in [0.15, 0.2) is 6.30 Å². The predicted molar refractivity (Wildman–Crippen MR) is 148 cm³/mol. The summed E-state index contributed by atoms with van der Waals surface area (Å²) in [4.78, 5) is 12.0. The Morgan fingerprint density at radius 1 is 1.03 bits per heavy atom. The van der Waals surface area contributed by atoms with E-state index in [2.05, 4.69) is 40.4 Å². The lowest BCUT2D eigenvalue weighted by molar-refractivity contribution is -0.117. The van der Waals surface area contributed by atoms with Crippen molar-refractivity contribution in [1.29, 1.82) is 0 Å². The number of aliphatic hydroxyl groups excluding tert-OH is 2. The number of fused-ring (bicyclic) bond motifs is 1. The van der Waals surface area contributed by atoms with Crippen LogP contribution in [0.3, 0.4) is 0 Å². The summed E-state index contributed by atoms with van der Waals surface area (Å²) in [5.74, 6) is 0.0789. The van der Waals surface area contributed by atoms with Gasteiger partial charge in [-0.3, -0.25) is 4.79 Å². The van der Waals surface area contributed by atoms with Crippen molar-refractivity contribution in [2.45, 2.75) is 31.7 Å². The Bertz CT molecular complexity index is 1330. The van der Waals surface area contributed by atoms with Crippen molar-refractivity contribution in [2.24, 2.45) is 5.92 Å². The number of carbonyl (C=O) groups is 1. The monoisotopic (exact) mass is 513 g/mol. The Kier molecular flexibility index (Phi) is 7.98. The van der Waals surface area contributed by atoms with Crippen molar-refractivity contribution >= 4 is 28.8 Å². The highest BCUT2D eigenvalue weighted by atomic mass is 19.1. The lowest BCUT2D eigenvalue weighted by Crippen LogP contribution is -2.32. The average Bonchev–Trinajstić information content (AvgIpc) is 3.30. The van der Waals surface area contributed by atoms with Gasteiger partial charge in [0.1, 0.15) is 0 Å². The van der Waals surface area contributed by atoms with Gasteiger partial charge in [0.25, 0.3) is 0 Å². The Hall–Kier alpha value is -3.78. The molecule has 3 aromatic rings. The summed E-state index contributed by atoms with van der Waals surface area (Å²) in [5.41, 5.74) is 13.3. The first-order valence-corrected chi connectivity index (χ1v) is 13.0. The second kappa shape index (κ2) is 11.7. The van der Waals surface area contributed by atoms with Crippen LogP contribution in [-0.4, -0.2) is 35.4 Å². The van der Waals surface area contributed by atoms with E-state index < -0.39 is 19.0 Å². The van der Waals surface area contributed by atoms with E-state index in [9.17, 15) is 14.3 Å². The van der Waals surface area contributed by atoms with Gasteiger partial charge in [0.05, 0.1) is 18.4 Å². The van der Waals surface area contributed by atoms with E-state index in [1.807, 2.05) is 48.5 Å². The zero-order valence-corrected chi connectivity index (χ0v) is 21.0. The Balaban J connectivity index is 1.52. The molecule has 7 heteroatoms. The Morgan fingerprint density at radius 3 is 2.45 bits per heavy atom. The molecule has 1 amide bonds. The first-order valence-electron chi connectivity index (χ1n) is 13.0. The fourth-order valence-corrected chi connectivity index (χ4v) is 4.91. The van der Waals surface area contributed by atoms with Crippen molar-refractivity contribution in [3.8, 4) is 0 Å². The number of halogens is 1. The molecular formula is C31H32FN3O3. The van der Waals surface area contributed by atoms with Crippen LogP contribution in [-0.2, 0) is 4.79 Å². The van der Waals surface area contributed by atoms with Crippen LogP contribution in [0.4, 0.5) is 10.1 Å². The molecule has 1 aliphatic carbocycles. The molecule has 0 bridgehead atoms. The molecule has 38 heavy (non-hydrogen) atoms. The highest BCUT2D eigenvalue weighted by Crippen LogP contribution is 2.46. The van der Waals surface area contributed by atoms with Crippen molar-refractivity contribution in [2.75, 3.05) is 18.6 Å². The topological polar surface area (TPSA) is 93.6 Å². The second-order valence-electron chi connectivity index (χ2n) is 9.75. The molecule has 0 saturated heterocycles. The predicted octanol–water partition coefficient (Wildman–Crippen LogP) is 4.83. The fourth-order valence-electron chi connectivity index (χ4n) is 4.91. The quantitative estimate of drug-likeness (QED) is 0.161. The van der Waals surface area contributed by atoms with Crippen molar-refractivity contribution in [3.05, 3.63) is 107 Å². The van der Waals surface area contributed by atoms with E-state index in [0.29, 0.717) is 11.5 Å². The van der Waals surface area contributed by atoms with Gasteiger partial charge in [-0.25, -0.2) is 9.82 Å². The van der Waals surface area contributed by atoms with Crippen LogP contribution in [0.5, 0.6) is 0 Å². The number of nitrogens with one attached hydrogen (secondary N) is 3. The number of benzene rings is 3. The number of hydrazine groups is 1. The number of rotatable bonds is 9. The summed E-state index contributed by atoms with van der Waals surface area (Å²) in [6.07, 6.45) is 4.29. The van der Waals surface area contributed by atoms with Gasteiger partial charge >= 0.3 is 0 Å². The zero-order valence-electron chi connectivity index (χ0n) is 21.0. The van der Waals surface area contributed by atoms with Gasteiger partial charge in [-0.05, 0) is 70.4 Å². The van der Waals surface area contributed by atoms with Gasteiger partial charge in [-0.1, -0.05) is 67.1 Å². The number of carbonyl (C=O) groups excluding carboxylic acids is 1. The fraction of sp³-hybridized carbons (Fsp3) is 0.258. The van der Waals surface area contributed by atoms with Gasteiger partial charge < -0.3 is 21.0 Å². The first-order chi connectivity index (χ1) is 18.5. The number of hydrogen-bond donors (Lipinski definition) is 5. The van der Waals surface area contributed by atoms with E-state index in [1.54, 1.807) is 6.08 Å². The molecule has 6 nitrogen and oxygen atoms in total. The SMILES string of the molecule is O=C(/C=C/c1ccc(/C(=C(\c2ccccc2)C2CCC2)c2ccc3c(c2)C(F)NN3)cc1)NCC(O)CO. The number of aliphatic hydroxyl groups is 2. The van der Waals surface area contributed by atoms with E-state index >= 15 is 0 Å². The number of allylic oxidation sites excluding steroid dienone is 1. The number of anilines is 1. The third kappa shape index (κ3) is 5.70. The summed E-state index contributed by atoms with van der Waals surface area (Å²) in [6.45, 7) is -0.419. The van der Waals surface area contributed by atoms with Crippen molar-refractivity contribution in [1.82, 2.24) is 10.7 Å². The molecule has 1 saturated carbocycles. The van der Waals surface area contributed by atoms with E-state index in [4.69, 9.17) is 5.11 Å². The summed E-state index contributed by atoms with van der Waals surface area (Å²) in [6, 6.07) is 24.3. The molecule has 0 aromatic heterocycles. The molecule has 2 atom stereocenters. The standard InChI is InChI=1S/C31H32FN3O3/c32-31-26-17-24(14-15-27(26)34-35-31)30(29(22-7-4-8-22)21-5-2-1-3-6-21)23-12-9-20(10-13-23)11-16-28(38)33-18-25(37)19-36/h1-3,5-6,9-17,22,25,31,34-37H,4,7-8,18-19H2,(H,33,38)/b16-11+,30-29-. The molecular weight excluding hydrogens is 481 g/mol. The smallest absolute Gasteiger partial charge is 0.244 e. The third-order valence-electron chi connectivity index (χ3n) is 7.16. The van der Waals surface area contributed by atoms with Crippen LogP contribution in [0.15, 0.2) is 78.9 Å². The molecule has 1 aliphatic heterocycles. The molecule has 5 rings (SSSR count). The van der Waals surface area contributed by atoms with Gasteiger partial charge in [-0.15, -0.1) is 0 Å². The minimum absolute atomic E-state index is 0.0122. The minimum Gasteiger partial charge on any atom is -0.394 e. The Morgan fingerprint density at radius 2 is 1.76 bits per heavy atom. The maximum absolute atomic E-state index is 14.6. The number of hydrogen-bond acceptors (Lipinski definition) is 5. The van der Waals surface area contributed by atoms with E-state index in [0.717, 1.165) is 40.8 Å². The van der Waals surface area contributed by atoms with Crippen molar-refractivity contribution < 1.29 is 19.4 Å². The number of alkyl halides is 1. The van der Waals surface area contributed by atoms with Gasteiger partial charge in [-0.2, -0.15) is 0 Å². The van der Waals surface area contributed by atoms with Crippen LogP contribution in [0.1, 0.15) is 53.4 Å². The van der Waals surface area contributed by atoms with Crippen LogP contribution in [0, 0.1) is 5.92 Å². The van der Waals surface area contributed by atoms with Crippen LogP contribution >= 0.6 is 0 Å². The van der Waals surface area contributed by atoms with Crippen LogP contribution in [0.2, 0.25) is 0 Å². The maximum atomic E-state index is 14.6. The summed E-state index contributed by atoms with van der Waals surface area (Å²) < 4.78 is 14.6. The molecule has 196 valence electrons. The molecule has 1 fully saturated rings. The number of amides is 1. The van der Waals surface area contributed by atoms with Gasteiger partial charge in [0.2, 0.25) is 5.91 Å². The molecule has 0 radical (unpaired) electrons. The van der Waals surface area contributed by atoms with Crippen molar-refractivity contribution in [3.63, 3.8) is 0 Å². The summed E-state index contributed by atoms with van der Waals surface area (Å²) in [5, 5.41) is 20.8.